The van der Waals surface area contributed by atoms with Crippen molar-refractivity contribution in [3.8, 4) is 11.5 Å². The van der Waals surface area contributed by atoms with Crippen LogP contribution in [0.15, 0.2) is 48.5 Å². The summed E-state index contributed by atoms with van der Waals surface area (Å²) in [5.41, 5.74) is 1.21. The Morgan fingerprint density at radius 3 is 2.55 bits per heavy atom. The van der Waals surface area contributed by atoms with E-state index in [1.54, 1.807) is 72.3 Å². The summed E-state index contributed by atoms with van der Waals surface area (Å²) >= 11 is 1.57. The maximum Gasteiger partial charge on any atom is 0.255 e. The second kappa shape index (κ2) is 10.1. The van der Waals surface area contributed by atoms with E-state index < -0.39 is 6.04 Å². The summed E-state index contributed by atoms with van der Waals surface area (Å²) < 4.78 is 16.5. The minimum Gasteiger partial charge on any atom is -0.497 e. The summed E-state index contributed by atoms with van der Waals surface area (Å²) in [6, 6.07) is 13.7. The molecule has 0 saturated carbocycles. The first kappa shape index (κ1) is 21.5. The fraction of sp³-hybridized carbons (Fsp3) is 0.391. The van der Waals surface area contributed by atoms with Gasteiger partial charge in [-0.25, -0.2) is 0 Å². The zero-order chi connectivity index (χ0) is 21.6. The van der Waals surface area contributed by atoms with Crippen LogP contribution in [0.4, 0.5) is 5.69 Å². The van der Waals surface area contributed by atoms with Gasteiger partial charge in [-0.15, -0.1) is 11.8 Å². The van der Waals surface area contributed by atoms with Gasteiger partial charge in [0.1, 0.15) is 24.1 Å². The van der Waals surface area contributed by atoms with Crippen LogP contribution in [0.2, 0.25) is 0 Å². The molecule has 2 aliphatic heterocycles. The Kier molecular flexibility index (Phi) is 6.99. The molecule has 0 radical (unpaired) electrons. The van der Waals surface area contributed by atoms with Crippen LogP contribution in [0.5, 0.6) is 11.5 Å². The van der Waals surface area contributed by atoms with E-state index in [0.29, 0.717) is 35.2 Å². The second-order valence-electron chi connectivity index (χ2n) is 7.48. The standard InChI is InChI=1S/C23H26N2O5S/c1-28-18-10-6-17(7-11-18)24-22(26)21-14-31-15-25(21)23(27)16-4-8-19(9-5-16)30-13-20-3-2-12-29-20/h4-11,20-21H,2-3,12-15H2,1H3,(H,24,26). The van der Waals surface area contributed by atoms with Crippen molar-refractivity contribution in [1.29, 1.82) is 0 Å². The minimum atomic E-state index is -0.518. The monoisotopic (exact) mass is 442 g/mol. The number of ether oxygens (including phenoxy) is 3. The molecule has 8 heteroatoms. The maximum atomic E-state index is 13.0. The number of methoxy groups -OCH3 is 1. The third kappa shape index (κ3) is 5.32. The molecule has 2 unspecified atom stereocenters. The van der Waals surface area contributed by atoms with Gasteiger partial charge >= 0.3 is 0 Å². The van der Waals surface area contributed by atoms with E-state index in [1.807, 2.05) is 0 Å². The van der Waals surface area contributed by atoms with Gasteiger partial charge in [-0.2, -0.15) is 0 Å². The lowest BCUT2D eigenvalue weighted by Gasteiger charge is -2.23. The highest BCUT2D eigenvalue weighted by Crippen LogP contribution is 2.26. The molecular formula is C23H26N2O5S. The van der Waals surface area contributed by atoms with E-state index in [4.69, 9.17) is 14.2 Å². The molecule has 2 aromatic carbocycles. The molecule has 2 aromatic rings. The molecule has 2 atom stereocenters. The molecule has 7 nitrogen and oxygen atoms in total. The lowest BCUT2D eigenvalue weighted by Crippen LogP contribution is -2.44. The first-order chi connectivity index (χ1) is 15.1. The molecule has 0 bridgehead atoms. The van der Waals surface area contributed by atoms with Crippen LogP contribution in [0.1, 0.15) is 23.2 Å². The molecule has 2 heterocycles. The van der Waals surface area contributed by atoms with E-state index in [1.165, 1.54) is 0 Å². The average Bonchev–Trinajstić information content (AvgIpc) is 3.50. The normalized spacial score (nSPS) is 20.5. The van der Waals surface area contributed by atoms with Crippen LogP contribution in [0.3, 0.4) is 0 Å². The largest absolute Gasteiger partial charge is 0.497 e. The molecule has 4 rings (SSSR count). The Labute approximate surface area is 186 Å². The molecule has 2 aliphatic rings. The molecule has 0 spiro atoms. The summed E-state index contributed by atoms with van der Waals surface area (Å²) in [7, 11) is 1.59. The van der Waals surface area contributed by atoms with E-state index in [0.717, 1.165) is 25.2 Å². The summed E-state index contributed by atoms with van der Waals surface area (Å²) in [5.74, 6) is 2.12. The van der Waals surface area contributed by atoms with Crippen molar-refractivity contribution in [2.75, 3.05) is 37.3 Å². The number of thioether (sulfide) groups is 1. The Morgan fingerprint density at radius 1 is 1.13 bits per heavy atom. The summed E-state index contributed by atoms with van der Waals surface area (Å²) in [6.45, 7) is 1.31. The van der Waals surface area contributed by atoms with Gasteiger partial charge in [0.05, 0.1) is 19.1 Å². The van der Waals surface area contributed by atoms with Gasteiger partial charge in [0, 0.05) is 23.6 Å². The van der Waals surface area contributed by atoms with E-state index >= 15 is 0 Å². The van der Waals surface area contributed by atoms with Crippen LogP contribution >= 0.6 is 11.8 Å². The van der Waals surface area contributed by atoms with Crippen molar-refractivity contribution < 1.29 is 23.8 Å². The number of anilines is 1. The van der Waals surface area contributed by atoms with Gasteiger partial charge in [-0.3, -0.25) is 9.59 Å². The number of rotatable bonds is 7. The van der Waals surface area contributed by atoms with Gasteiger partial charge in [-0.05, 0) is 61.4 Å². The predicted octanol–water partition coefficient (Wildman–Crippen LogP) is 3.41. The van der Waals surface area contributed by atoms with Gasteiger partial charge in [0.15, 0.2) is 0 Å². The van der Waals surface area contributed by atoms with E-state index in [-0.39, 0.29) is 17.9 Å². The van der Waals surface area contributed by atoms with Crippen LogP contribution in [0, 0.1) is 0 Å². The first-order valence-corrected chi connectivity index (χ1v) is 11.5. The molecule has 2 saturated heterocycles. The molecule has 0 aromatic heterocycles. The smallest absolute Gasteiger partial charge is 0.255 e. The first-order valence-electron chi connectivity index (χ1n) is 10.3. The number of amides is 2. The molecule has 1 N–H and O–H groups in total. The molecule has 31 heavy (non-hydrogen) atoms. The van der Waals surface area contributed by atoms with Crippen LogP contribution in [0.25, 0.3) is 0 Å². The zero-order valence-corrected chi connectivity index (χ0v) is 18.2. The number of nitrogens with one attached hydrogen (secondary N) is 1. The van der Waals surface area contributed by atoms with Gasteiger partial charge < -0.3 is 24.4 Å². The molecule has 2 amide bonds. The summed E-state index contributed by atoms with van der Waals surface area (Å²) in [4.78, 5) is 27.4. The minimum absolute atomic E-state index is 0.146. The van der Waals surface area contributed by atoms with Crippen molar-refractivity contribution >= 4 is 29.3 Å². The molecular weight excluding hydrogens is 416 g/mol. The average molecular weight is 443 g/mol. The fourth-order valence-corrected chi connectivity index (χ4v) is 4.74. The van der Waals surface area contributed by atoms with Crippen molar-refractivity contribution in [3.05, 3.63) is 54.1 Å². The Bertz CT molecular complexity index is 897. The second-order valence-corrected chi connectivity index (χ2v) is 8.48. The number of hydrogen-bond donors (Lipinski definition) is 1. The Balaban J connectivity index is 1.35. The third-order valence-corrected chi connectivity index (χ3v) is 6.38. The van der Waals surface area contributed by atoms with Crippen molar-refractivity contribution in [2.24, 2.45) is 0 Å². The van der Waals surface area contributed by atoms with E-state index in [9.17, 15) is 9.59 Å². The quantitative estimate of drug-likeness (QED) is 0.708. The SMILES string of the molecule is COc1ccc(NC(=O)C2CSCN2C(=O)c2ccc(OCC3CCCO3)cc2)cc1. The predicted molar refractivity (Wildman–Crippen MR) is 120 cm³/mol. The molecule has 164 valence electrons. The van der Waals surface area contributed by atoms with Crippen molar-refractivity contribution in [2.45, 2.75) is 25.0 Å². The number of carbonyl (C=O) groups is 2. The third-order valence-electron chi connectivity index (χ3n) is 5.36. The summed E-state index contributed by atoms with van der Waals surface area (Å²) in [6.07, 6.45) is 2.24. The lowest BCUT2D eigenvalue weighted by molar-refractivity contribution is -0.119. The van der Waals surface area contributed by atoms with Gasteiger partial charge in [0.25, 0.3) is 5.91 Å². The van der Waals surface area contributed by atoms with E-state index in [2.05, 4.69) is 5.32 Å². The van der Waals surface area contributed by atoms with Crippen LogP contribution < -0.4 is 14.8 Å². The lowest BCUT2D eigenvalue weighted by atomic mass is 10.1. The highest BCUT2D eigenvalue weighted by atomic mass is 32.2. The highest BCUT2D eigenvalue weighted by Gasteiger charge is 2.35. The summed E-state index contributed by atoms with van der Waals surface area (Å²) in [5, 5.41) is 2.89. The van der Waals surface area contributed by atoms with Crippen LogP contribution in [-0.4, -0.2) is 60.8 Å². The van der Waals surface area contributed by atoms with Crippen molar-refractivity contribution in [1.82, 2.24) is 4.90 Å². The number of benzene rings is 2. The van der Waals surface area contributed by atoms with Crippen molar-refractivity contribution in [3.63, 3.8) is 0 Å². The fourth-order valence-electron chi connectivity index (χ4n) is 3.58. The highest BCUT2D eigenvalue weighted by molar-refractivity contribution is 7.99. The number of carbonyl (C=O) groups excluding carboxylic acids is 2. The van der Waals surface area contributed by atoms with Gasteiger partial charge in [0.2, 0.25) is 5.91 Å². The number of hydrogen-bond acceptors (Lipinski definition) is 6. The molecule has 0 aliphatic carbocycles. The maximum absolute atomic E-state index is 13.0. The Morgan fingerprint density at radius 2 is 1.87 bits per heavy atom. The Hall–Kier alpha value is -2.71. The van der Waals surface area contributed by atoms with Gasteiger partial charge in [-0.1, -0.05) is 0 Å². The molecule has 2 fully saturated rings. The topological polar surface area (TPSA) is 77.1 Å². The number of nitrogens with zero attached hydrogens (tertiary/aromatic N) is 1. The zero-order valence-electron chi connectivity index (χ0n) is 17.4. The van der Waals surface area contributed by atoms with Crippen LogP contribution in [-0.2, 0) is 9.53 Å².